The monoisotopic (exact) mass is 307 g/mol. The van der Waals surface area contributed by atoms with Crippen LogP contribution in [-0.4, -0.2) is 13.3 Å². The predicted octanol–water partition coefficient (Wildman–Crippen LogP) is 1.85. The molecule has 0 aromatic heterocycles. The van der Waals surface area contributed by atoms with Gasteiger partial charge in [0.25, 0.3) is 15.7 Å². The lowest BCUT2D eigenvalue weighted by Crippen LogP contribution is -2.13. The van der Waals surface area contributed by atoms with Gasteiger partial charge in [0.15, 0.2) is 0 Å². The fourth-order valence-corrected chi connectivity index (χ4v) is 2.83. The molecule has 110 valence electrons. The molecule has 0 fully saturated rings. The Morgan fingerprint density at radius 1 is 1.14 bits per heavy atom. The molecule has 0 aliphatic heterocycles. The van der Waals surface area contributed by atoms with E-state index in [1.165, 1.54) is 18.2 Å². The maximum atomic E-state index is 12.2. The normalized spacial score (nSPS) is 11.1. The number of hydrogen-bond donors (Lipinski definition) is 2. The number of nitro benzene ring substituents is 1. The van der Waals surface area contributed by atoms with E-state index in [9.17, 15) is 18.5 Å². The first kappa shape index (κ1) is 14.9. The van der Waals surface area contributed by atoms with E-state index in [1.54, 1.807) is 24.3 Å². The molecule has 2 aromatic rings. The number of nitro groups is 1. The number of hydrogen-bond acceptors (Lipinski definition) is 5. The van der Waals surface area contributed by atoms with Crippen molar-refractivity contribution in [2.75, 3.05) is 4.72 Å². The number of sulfonamides is 1. The minimum atomic E-state index is -3.89. The average molecular weight is 307 g/mol. The zero-order chi connectivity index (χ0) is 15.5. The molecule has 2 aromatic carbocycles. The Morgan fingerprint density at radius 2 is 1.86 bits per heavy atom. The van der Waals surface area contributed by atoms with Gasteiger partial charge in [0.05, 0.1) is 9.82 Å². The minimum absolute atomic E-state index is 0.171. The summed E-state index contributed by atoms with van der Waals surface area (Å²) in [7, 11) is -3.89. The average Bonchev–Trinajstić information content (AvgIpc) is 2.47. The van der Waals surface area contributed by atoms with Crippen molar-refractivity contribution < 1.29 is 13.3 Å². The molecule has 3 N–H and O–H groups in total. The maximum Gasteiger partial charge on any atom is 0.270 e. The van der Waals surface area contributed by atoms with Gasteiger partial charge < -0.3 is 5.73 Å². The standard InChI is InChI=1S/C13H13N3O4S/c14-9-10-3-1-4-11(7-10)15-21(19,20)13-6-2-5-12(8-13)16(17)18/h1-8,15H,9,14H2. The quantitative estimate of drug-likeness (QED) is 0.646. The van der Waals surface area contributed by atoms with Gasteiger partial charge in [-0.15, -0.1) is 0 Å². The Morgan fingerprint density at radius 3 is 2.52 bits per heavy atom. The van der Waals surface area contributed by atoms with Crippen LogP contribution in [0.15, 0.2) is 53.4 Å². The molecule has 0 saturated heterocycles. The zero-order valence-corrected chi connectivity index (χ0v) is 11.7. The van der Waals surface area contributed by atoms with Crippen molar-refractivity contribution in [3.8, 4) is 0 Å². The first-order chi connectivity index (χ1) is 9.92. The summed E-state index contributed by atoms with van der Waals surface area (Å²) in [5.74, 6) is 0. The Labute approximate surface area is 121 Å². The van der Waals surface area contributed by atoms with Crippen LogP contribution in [0.5, 0.6) is 0 Å². The van der Waals surface area contributed by atoms with Gasteiger partial charge in [-0.2, -0.15) is 0 Å². The van der Waals surface area contributed by atoms with E-state index < -0.39 is 14.9 Å². The zero-order valence-electron chi connectivity index (χ0n) is 10.9. The van der Waals surface area contributed by atoms with Gasteiger partial charge in [-0.25, -0.2) is 8.42 Å². The van der Waals surface area contributed by atoms with Gasteiger partial charge in [0.2, 0.25) is 0 Å². The summed E-state index contributed by atoms with van der Waals surface area (Å²) in [6.45, 7) is 0.284. The Kier molecular flexibility index (Phi) is 4.20. The van der Waals surface area contributed by atoms with E-state index in [4.69, 9.17) is 5.73 Å². The van der Waals surface area contributed by atoms with Crippen LogP contribution in [0.3, 0.4) is 0 Å². The molecule has 21 heavy (non-hydrogen) atoms. The van der Waals surface area contributed by atoms with Gasteiger partial charge in [-0.3, -0.25) is 14.8 Å². The number of nitrogens with one attached hydrogen (secondary N) is 1. The van der Waals surface area contributed by atoms with Gasteiger partial charge in [0, 0.05) is 24.4 Å². The van der Waals surface area contributed by atoms with Gasteiger partial charge in [-0.1, -0.05) is 18.2 Å². The van der Waals surface area contributed by atoms with Gasteiger partial charge >= 0.3 is 0 Å². The van der Waals surface area contributed by atoms with Crippen LogP contribution in [0.25, 0.3) is 0 Å². The van der Waals surface area contributed by atoms with Crippen molar-refractivity contribution in [1.29, 1.82) is 0 Å². The van der Waals surface area contributed by atoms with Crippen LogP contribution in [-0.2, 0) is 16.6 Å². The number of non-ortho nitro benzene ring substituents is 1. The maximum absolute atomic E-state index is 12.2. The van der Waals surface area contributed by atoms with Crippen molar-refractivity contribution in [2.24, 2.45) is 5.73 Å². The van der Waals surface area contributed by atoms with Crippen LogP contribution < -0.4 is 10.5 Å². The van der Waals surface area contributed by atoms with E-state index >= 15 is 0 Å². The van der Waals surface area contributed by atoms with Crippen LogP contribution in [0, 0.1) is 10.1 Å². The Balaban J connectivity index is 2.33. The number of nitrogens with zero attached hydrogens (tertiary/aromatic N) is 1. The third kappa shape index (κ3) is 3.56. The molecule has 2 rings (SSSR count). The molecular formula is C13H13N3O4S. The SMILES string of the molecule is NCc1cccc(NS(=O)(=O)c2cccc([N+](=O)[O-])c2)c1. The molecule has 0 spiro atoms. The van der Waals surface area contributed by atoms with Crippen LogP contribution >= 0.6 is 0 Å². The smallest absolute Gasteiger partial charge is 0.270 e. The van der Waals surface area contributed by atoms with Crippen molar-refractivity contribution in [3.63, 3.8) is 0 Å². The molecule has 0 amide bonds. The summed E-state index contributed by atoms with van der Waals surface area (Å²) in [4.78, 5) is 9.88. The Bertz CT molecular complexity index is 774. The number of rotatable bonds is 5. The number of nitrogens with two attached hydrogens (primary N) is 1. The van der Waals surface area contributed by atoms with Crippen LogP contribution in [0.1, 0.15) is 5.56 Å². The topological polar surface area (TPSA) is 115 Å². The van der Waals surface area contributed by atoms with E-state index in [1.807, 2.05) is 0 Å². The van der Waals surface area contributed by atoms with E-state index in [0.29, 0.717) is 5.69 Å². The first-order valence-corrected chi connectivity index (χ1v) is 7.47. The predicted molar refractivity (Wildman–Crippen MR) is 78.2 cm³/mol. The van der Waals surface area contributed by atoms with Crippen molar-refractivity contribution >= 4 is 21.4 Å². The third-order valence-electron chi connectivity index (χ3n) is 2.75. The fourth-order valence-electron chi connectivity index (χ4n) is 1.74. The highest BCUT2D eigenvalue weighted by Gasteiger charge is 2.17. The van der Waals surface area contributed by atoms with Crippen molar-refractivity contribution in [1.82, 2.24) is 0 Å². The highest BCUT2D eigenvalue weighted by molar-refractivity contribution is 7.92. The summed E-state index contributed by atoms with van der Waals surface area (Å²) in [5.41, 5.74) is 6.33. The minimum Gasteiger partial charge on any atom is -0.326 e. The molecule has 0 heterocycles. The second-order valence-electron chi connectivity index (χ2n) is 4.26. The second-order valence-corrected chi connectivity index (χ2v) is 5.95. The number of benzene rings is 2. The fraction of sp³-hybridized carbons (Fsp3) is 0.0769. The lowest BCUT2D eigenvalue weighted by atomic mass is 10.2. The summed E-state index contributed by atoms with van der Waals surface area (Å²) in [6, 6.07) is 11.5. The largest absolute Gasteiger partial charge is 0.326 e. The molecule has 7 nitrogen and oxygen atoms in total. The van der Waals surface area contributed by atoms with E-state index in [0.717, 1.165) is 11.6 Å². The van der Waals surface area contributed by atoms with Crippen LogP contribution in [0.2, 0.25) is 0 Å². The molecular weight excluding hydrogens is 294 g/mol. The van der Waals surface area contributed by atoms with Crippen LogP contribution in [0.4, 0.5) is 11.4 Å². The van der Waals surface area contributed by atoms with Gasteiger partial charge in [0.1, 0.15) is 0 Å². The molecule has 0 bridgehead atoms. The molecule has 0 aliphatic carbocycles. The summed E-state index contributed by atoms with van der Waals surface area (Å²) in [6.07, 6.45) is 0. The third-order valence-corrected chi connectivity index (χ3v) is 4.13. The Hall–Kier alpha value is -2.45. The highest BCUT2D eigenvalue weighted by Crippen LogP contribution is 2.20. The van der Waals surface area contributed by atoms with E-state index in [-0.39, 0.29) is 17.1 Å². The molecule has 0 saturated carbocycles. The molecule has 0 unspecified atom stereocenters. The molecule has 0 radical (unpaired) electrons. The van der Waals surface area contributed by atoms with E-state index in [2.05, 4.69) is 4.72 Å². The van der Waals surface area contributed by atoms with Crippen molar-refractivity contribution in [2.45, 2.75) is 11.4 Å². The summed E-state index contributed by atoms with van der Waals surface area (Å²) < 4.78 is 26.8. The molecule has 0 aliphatic rings. The van der Waals surface area contributed by atoms with Crippen molar-refractivity contribution in [3.05, 3.63) is 64.2 Å². The molecule has 0 atom stereocenters. The first-order valence-electron chi connectivity index (χ1n) is 5.98. The highest BCUT2D eigenvalue weighted by atomic mass is 32.2. The van der Waals surface area contributed by atoms with Gasteiger partial charge in [-0.05, 0) is 23.8 Å². The molecule has 8 heteroatoms. The lowest BCUT2D eigenvalue weighted by molar-refractivity contribution is -0.385. The second kappa shape index (κ2) is 5.90. The number of anilines is 1. The summed E-state index contributed by atoms with van der Waals surface area (Å²) >= 11 is 0. The lowest BCUT2D eigenvalue weighted by Gasteiger charge is -2.09. The summed E-state index contributed by atoms with van der Waals surface area (Å²) in [5, 5.41) is 10.7.